The fourth-order valence-corrected chi connectivity index (χ4v) is 4.31. The minimum Gasteiger partial charge on any atom is -0.482 e. The average molecular weight is 463 g/mol. The van der Waals surface area contributed by atoms with Crippen LogP contribution in [0, 0.1) is 6.92 Å². The maximum atomic E-state index is 12.8. The molecule has 2 heterocycles. The summed E-state index contributed by atoms with van der Waals surface area (Å²) in [6, 6.07) is 11.6. The maximum Gasteiger partial charge on any atom is 0.265 e. The zero-order valence-electron chi connectivity index (χ0n) is 16.5. The Kier molecular flexibility index (Phi) is 5.94. The van der Waals surface area contributed by atoms with Crippen LogP contribution in [-0.4, -0.2) is 37.6 Å². The molecule has 0 unspecified atom stereocenters. The van der Waals surface area contributed by atoms with Crippen LogP contribution in [0.3, 0.4) is 0 Å². The van der Waals surface area contributed by atoms with Gasteiger partial charge in [0.2, 0.25) is 15.9 Å². The minimum atomic E-state index is -3.80. The molecule has 162 valence electrons. The second-order valence-electron chi connectivity index (χ2n) is 6.90. The lowest BCUT2D eigenvalue weighted by Gasteiger charge is -2.28. The first kappa shape index (κ1) is 21.3. The fourth-order valence-electron chi connectivity index (χ4n) is 3.13. The summed E-state index contributed by atoms with van der Waals surface area (Å²) in [5.74, 6) is 0.755. The molecule has 11 heteroatoms. The molecule has 1 aliphatic heterocycles. The number of hydrogen-bond donors (Lipinski definition) is 1. The molecule has 1 aliphatic rings. The number of benzene rings is 2. The first-order chi connectivity index (χ1) is 14.8. The number of rotatable bonds is 7. The zero-order valence-corrected chi connectivity index (χ0v) is 18.1. The Hall–Kier alpha value is -2.95. The predicted octanol–water partition coefficient (Wildman–Crippen LogP) is 2.48. The SMILES string of the molecule is Cc1nc(CN2C(=O)COc3ccc(S(=O)(=O)NCCc4ccc(Cl)cc4)cc32)no1. The fraction of sp³-hybridized carbons (Fsp3) is 0.250. The third-order valence-electron chi connectivity index (χ3n) is 4.67. The Morgan fingerprint density at radius 1 is 1.19 bits per heavy atom. The van der Waals surface area contributed by atoms with Gasteiger partial charge in [0.15, 0.2) is 12.4 Å². The van der Waals surface area contributed by atoms with Crippen molar-refractivity contribution < 1.29 is 22.5 Å². The van der Waals surface area contributed by atoms with Gasteiger partial charge in [0.25, 0.3) is 5.91 Å². The van der Waals surface area contributed by atoms with Crippen LogP contribution < -0.4 is 14.4 Å². The van der Waals surface area contributed by atoms with E-state index < -0.39 is 10.0 Å². The van der Waals surface area contributed by atoms with Gasteiger partial charge in [0.1, 0.15) is 5.75 Å². The summed E-state index contributed by atoms with van der Waals surface area (Å²) in [4.78, 5) is 17.9. The molecule has 0 saturated heterocycles. The molecule has 0 fully saturated rings. The largest absolute Gasteiger partial charge is 0.482 e. The van der Waals surface area contributed by atoms with Gasteiger partial charge in [-0.2, -0.15) is 4.98 Å². The van der Waals surface area contributed by atoms with Crippen LogP contribution in [0.25, 0.3) is 0 Å². The molecule has 0 bridgehead atoms. The molecule has 0 aliphatic carbocycles. The monoisotopic (exact) mass is 462 g/mol. The Morgan fingerprint density at radius 3 is 2.68 bits per heavy atom. The lowest BCUT2D eigenvalue weighted by Crippen LogP contribution is -2.38. The molecule has 1 amide bonds. The number of carbonyl (C=O) groups is 1. The van der Waals surface area contributed by atoms with E-state index in [9.17, 15) is 13.2 Å². The van der Waals surface area contributed by atoms with Gasteiger partial charge in [-0.05, 0) is 42.3 Å². The van der Waals surface area contributed by atoms with Crippen molar-refractivity contribution in [3.63, 3.8) is 0 Å². The number of halogens is 1. The third-order valence-corrected chi connectivity index (χ3v) is 6.38. The van der Waals surface area contributed by atoms with E-state index in [1.807, 2.05) is 12.1 Å². The van der Waals surface area contributed by atoms with Crippen LogP contribution in [0.1, 0.15) is 17.3 Å². The topological polar surface area (TPSA) is 115 Å². The summed E-state index contributed by atoms with van der Waals surface area (Å²) in [6.45, 7) is 1.74. The molecule has 0 saturated carbocycles. The van der Waals surface area contributed by atoms with Crippen LogP contribution in [-0.2, 0) is 27.8 Å². The molecule has 0 spiro atoms. The minimum absolute atomic E-state index is 0.0231. The van der Waals surface area contributed by atoms with Gasteiger partial charge in [-0.3, -0.25) is 9.69 Å². The second-order valence-corrected chi connectivity index (χ2v) is 9.11. The van der Waals surface area contributed by atoms with E-state index in [1.54, 1.807) is 19.1 Å². The number of fused-ring (bicyclic) bond motifs is 1. The van der Waals surface area contributed by atoms with Crippen molar-refractivity contribution in [1.29, 1.82) is 0 Å². The summed E-state index contributed by atoms with van der Waals surface area (Å²) in [7, 11) is -3.80. The number of nitrogens with zero attached hydrogens (tertiary/aromatic N) is 3. The molecule has 1 N–H and O–H groups in total. The number of hydrogen-bond acceptors (Lipinski definition) is 7. The summed E-state index contributed by atoms with van der Waals surface area (Å²) in [5.41, 5.74) is 1.29. The van der Waals surface area contributed by atoms with Gasteiger partial charge in [0, 0.05) is 18.5 Å². The standard InChI is InChI=1S/C20H19ClN4O5S/c1-13-23-19(24-30-13)11-25-17-10-16(6-7-18(17)29-12-20(25)26)31(27,28)22-9-8-14-2-4-15(21)5-3-14/h2-7,10,22H,8-9,11-12H2,1H3. The zero-order chi connectivity index (χ0) is 22.0. The van der Waals surface area contributed by atoms with Gasteiger partial charge in [-0.15, -0.1) is 0 Å². The van der Waals surface area contributed by atoms with Crippen molar-refractivity contribution in [1.82, 2.24) is 14.9 Å². The number of sulfonamides is 1. The highest BCUT2D eigenvalue weighted by atomic mass is 35.5. The number of anilines is 1. The second kappa shape index (κ2) is 8.66. The highest BCUT2D eigenvalue weighted by molar-refractivity contribution is 7.89. The summed E-state index contributed by atoms with van der Waals surface area (Å²) < 4.78 is 38.6. The molecule has 3 aromatic rings. The number of aromatic nitrogens is 2. The van der Waals surface area contributed by atoms with Crippen molar-refractivity contribution in [3.05, 3.63) is 64.8 Å². The Bertz CT molecular complexity index is 1210. The molecule has 2 aromatic carbocycles. The lowest BCUT2D eigenvalue weighted by molar-refractivity contribution is -0.121. The molecule has 4 rings (SSSR count). The molecular formula is C20H19ClN4O5S. The van der Waals surface area contributed by atoms with Gasteiger partial charge >= 0.3 is 0 Å². The van der Waals surface area contributed by atoms with E-state index in [0.717, 1.165) is 5.56 Å². The predicted molar refractivity (Wildman–Crippen MR) is 113 cm³/mol. The quantitative estimate of drug-likeness (QED) is 0.573. The van der Waals surface area contributed by atoms with E-state index in [1.165, 1.54) is 23.1 Å². The Balaban J connectivity index is 1.52. The van der Waals surface area contributed by atoms with E-state index in [4.69, 9.17) is 20.9 Å². The van der Waals surface area contributed by atoms with Crippen LogP contribution >= 0.6 is 11.6 Å². The molecule has 0 radical (unpaired) electrons. The molecule has 0 atom stereocenters. The Labute approximate surface area is 184 Å². The first-order valence-electron chi connectivity index (χ1n) is 9.42. The highest BCUT2D eigenvalue weighted by Crippen LogP contribution is 2.35. The first-order valence-corrected chi connectivity index (χ1v) is 11.3. The number of nitrogens with one attached hydrogen (secondary N) is 1. The average Bonchev–Trinajstić information content (AvgIpc) is 3.16. The van der Waals surface area contributed by atoms with Crippen LogP contribution in [0.5, 0.6) is 5.75 Å². The van der Waals surface area contributed by atoms with E-state index >= 15 is 0 Å². The number of carbonyl (C=O) groups excluding carboxylic acids is 1. The van der Waals surface area contributed by atoms with Gasteiger partial charge in [-0.1, -0.05) is 28.9 Å². The van der Waals surface area contributed by atoms with E-state index in [2.05, 4.69) is 14.9 Å². The maximum absolute atomic E-state index is 12.8. The van der Waals surface area contributed by atoms with Gasteiger partial charge in [-0.25, -0.2) is 13.1 Å². The van der Waals surface area contributed by atoms with Crippen molar-refractivity contribution in [2.45, 2.75) is 24.8 Å². The summed E-state index contributed by atoms with van der Waals surface area (Å²) >= 11 is 5.87. The third kappa shape index (κ3) is 4.87. The van der Waals surface area contributed by atoms with Gasteiger partial charge < -0.3 is 9.26 Å². The van der Waals surface area contributed by atoms with Crippen LogP contribution in [0.2, 0.25) is 5.02 Å². The number of amides is 1. The summed E-state index contributed by atoms with van der Waals surface area (Å²) in [5, 5.41) is 4.42. The van der Waals surface area contributed by atoms with Crippen molar-refractivity contribution in [2.24, 2.45) is 0 Å². The lowest BCUT2D eigenvalue weighted by atomic mass is 10.2. The number of ether oxygens (including phenoxy) is 1. The molecule has 31 heavy (non-hydrogen) atoms. The highest BCUT2D eigenvalue weighted by Gasteiger charge is 2.29. The number of aryl methyl sites for hydroxylation is 1. The van der Waals surface area contributed by atoms with Crippen molar-refractivity contribution >= 4 is 33.2 Å². The summed E-state index contributed by atoms with van der Waals surface area (Å²) in [6.07, 6.45) is 0.506. The van der Waals surface area contributed by atoms with Gasteiger partial charge in [0.05, 0.1) is 17.1 Å². The normalized spacial score (nSPS) is 13.7. The van der Waals surface area contributed by atoms with Crippen LogP contribution in [0.4, 0.5) is 5.69 Å². The molecule has 9 nitrogen and oxygen atoms in total. The Morgan fingerprint density at radius 2 is 1.97 bits per heavy atom. The molecular weight excluding hydrogens is 444 g/mol. The van der Waals surface area contributed by atoms with Crippen LogP contribution in [0.15, 0.2) is 51.9 Å². The van der Waals surface area contributed by atoms with E-state index in [0.29, 0.717) is 34.6 Å². The smallest absolute Gasteiger partial charge is 0.265 e. The van der Waals surface area contributed by atoms with Crippen molar-refractivity contribution in [3.8, 4) is 5.75 Å². The molecule has 1 aromatic heterocycles. The van der Waals surface area contributed by atoms with Crippen molar-refractivity contribution in [2.75, 3.05) is 18.1 Å². The van der Waals surface area contributed by atoms with E-state index in [-0.39, 0.29) is 30.5 Å².